The number of ether oxygens (including phenoxy) is 1. The van der Waals surface area contributed by atoms with Crippen LogP contribution in [0.15, 0.2) is 12.2 Å². The summed E-state index contributed by atoms with van der Waals surface area (Å²) in [5.41, 5.74) is 0. The van der Waals surface area contributed by atoms with Gasteiger partial charge in [-0.2, -0.15) is 0 Å². The minimum Gasteiger partial charge on any atom is -0.466 e. The number of hydrogen-bond acceptors (Lipinski definition) is 2. The van der Waals surface area contributed by atoms with Crippen molar-refractivity contribution in [2.24, 2.45) is 0 Å². The maximum absolute atomic E-state index is 11.5. The fourth-order valence-corrected chi connectivity index (χ4v) is 2.37. The normalized spacial score (nSPS) is 11.1. The summed E-state index contributed by atoms with van der Waals surface area (Å²) >= 11 is 3.42. The Hall–Kier alpha value is -0.310. The number of rotatable bonds is 14. The molecule has 20 heavy (non-hydrogen) atoms. The predicted octanol–water partition coefficient (Wildman–Crippen LogP) is 5.79. The lowest BCUT2D eigenvalue weighted by Gasteiger charge is -2.04. The number of alkyl halides is 1. The summed E-state index contributed by atoms with van der Waals surface area (Å²) < 4.78 is 5.23. The molecule has 0 aromatic rings. The van der Waals surface area contributed by atoms with Gasteiger partial charge in [-0.15, -0.1) is 0 Å². The molecular formula is C17H31BrO2. The highest BCUT2D eigenvalue weighted by atomic mass is 79.9. The molecule has 2 nitrogen and oxygen atoms in total. The van der Waals surface area contributed by atoms with Crippen LogP contribution in [0.4, 0.5) is 0 Å². The fourth-order valence-electron chi connectivity index (χ4n) is 1.98. The predicted molar refractivity (Wildman–Crippen MR) is 90.4 cm³/mol. The number of halogens is 1. The zero-order chi connectivity index (χ0) is 14.9. The van der Waals surface area contributed by atoms with Gasteiger partial charge in [0.15, 0.2) is 0 Å². The first-order chi connectivity index (χ1) is 9.81. The van der Waals surface area contributed by atoms with Crippen molar-refractivity contribution in [3.63, 3.8) is 0 Å². The Labute approximate surface area is 133 Å². The molecule has 0 unspecified atom stereocenters. The van der Waals surface area contributed by atoms with Crippen molar-refractivity contribution in [3.05, 3.63) is 12.2 Å². The first kappa shape index (κ1) is 19.7. The van der Waals surface area contributed by atoms with E-state index < -0.39 is 0 Å². The molecule has 0 aliphatic rings. The molecule has 0 N–H and O–H groups in total. The third kappa shape index (κ3) is 15.7. The molecule has 0 bridgehead atoms. The second-order valence-electron chi connectivity index (χ2n) is 5.16. The van der Waals surface area contributed by atoms with E-state index in [2.05, 4.69) is 35.0 Å². The number of carbonyl (C=O) groups is 1. The van der Waals surface area contributed by atoms with Gasteiger partial charge >= 0.3 is 5.97 Å². The van der Waals surface area contributed by atoms with E-state index in [0.29, 0.717) is 13.0 Å². The molecular weight excluding hydrogens is 316 g/mol. The van der Waals surface area contributed by atoms with Crippen LogP contribution in [0.1, 0.15) is 77.6 Å². The molecule has 0 aromatic carbocycles. The molecule has 0 rings (SSSR count). The van der Waals surface area contributed by atoms with Gasteiger partial charge in [0.1, 0.15) is 0 Å². The highest BCUT2D eigenvalue weighted by Gasteiger charge is 2.02. The van der Waals surface area contributed by atoms with Crippen molar-refractivity contribution >= 4 is 21.9 Å². The van der Waals surface area contributed by atoms with Gasteiger partial charge in [-0.1, -0.05) is 54.3 Å². The first-order valence-electron chi connectivity index (χ1n) is 8.17. The van der Waals surface area contributed by atoms with Gasteiger partial charge in [0.25, 0.3) is 0 Å². The average molecular weight is 347 g/mol. The number of allylic oxidation sites excluding steroid dienone is 2. The van der Waals surface area contributed by atoms with E-state index in [-0.39, 0.29) is 5.97 Å². The van der Waals surface area contributed by atoms with Crippen LogP contribution in [0.2, 0.25) is 0 Å². The summed E-state index contributed by atoms with van der Waals surface area (Å²) in [7, 11) is 0. The molecule has 0 saturated heterocycles. The van der Waals surface area contributed by atoms with Crippen LogP contribution in [0.5, 0.6) is 0 Å². The van der Waals surface area contributed by atoms with E-state index in [1.54, 1.807) is 0 Å². The van der Waals surface area contributed by atoms with Crippen LogP contribution in [0, 0.1) is 0 Å². The van der Waals surface area contributed by atoms with Crippen LogP contribution in [0.3, 0.4) is 0 Å². The van der Waals surface area contributed by atoms with Gasteiger partial charge in [0.2, 0.25) is 0 Å². The van der Waals surface area contributed by atoms with E-state index in [0.717, 1.165) is 43.9 Å². The summed E-state index contributed by atoms with van der Waals surface area (Å²) in [5, 5.41) is 1.09. The van der Waals surface area contributed by atoms with Gasteiger partial charge < -0.3 is 4.74 Å². The summed E-state index contributed by atoms with van der Waals surface area (Å²) in [6.45, 7) is 2.75. The third-order valence-corrected chi connectivity index (χ3v) is 3.76. The van der Waals surface area contributed by atoms with Crippen LogP contribution < -0.4 is 0 Å². The maximum Gasteiger partial charge on any atom is 0.305 e. The lowest BCUT2D eigenvalue weighted by atomic mass is 10.1. The Morgan fingerprint density at radius 1 is 0.950 bits per heavy atom. The van der Waals surface area contributed by atoms with Crippen LogP contribution in [-0.4, -0.2) is 17.9 Å². The van der Waals surface area contributed by atoms with Crippen molar-refractivity contribution in [3.8, 4) is 0 Å². The van der Waals surface area contributed by atoms with Gasteiger partial charge in [-0.05, 0) is 44.9 Å². The summed E-state index contributed by atoms with van der Waals surface area (Å²) in [6, 6.07) is 0. The molecule has 0 amide bonds. The lowest BCUT2D eigenvalue weighted by Crippen LogP contribution is -2.05. The monoisotopic (exact) mass is 346 g/mol. The standard InChI is InChI=1S/C17H31BrO2/c1-2-3-4-5-6-10-13-16-20-17(19)14-11-8-7-9-12-15-18/h3-4H,2,5-16H2,1H3/b4-3-. The molecule has 0 fully saturated rings. The second-order valence-corrected chi connectivity index (χ2v) is 5.95. The third-order valence-electron chi connectivity index (χ3n) is 3.20. The molecule has 0 radical (unpaired) electrons. The Balaban J connectivity index is 3.18. The number of esters is 1. The summed E-state index contributed by atoms with van der Waals surface area (Å²) in [6.07, 6.45) is 16.5. The molecule has 3 heteroatoms. The van der Waals surface area contributed by atoms with E-state index in [9.17, 15) is 4.79 Å². The molecule has 0 heterocycles. The van der Waals surface area contributed by atoms with Crippen molar-refractivity contribution in [1.29, 1.82) is 0 Å². The minimum absolute atomic E-state index is 0.0172. The van der Waals surface area contributed by atoms with Crippen molar-refractivity contribution in [2.75, 3.05) is 11.9 Å². The van der Waals surface area contributed by atoms with E-state index in [1.807, 2.05) is 0 Å². The lowest BCUT2D eigenvalue weighted by molar-refractivity contribution is -0.143. The molecule has 0 saturated carbocycles. The fraction of sp³-hybridized carbons (Fsp3) is 0.824. The Kier molecular flexibility index (Phi) is 16.5. The molecule has 0 aliphatic heterocycles. The highest BCUT2D eigenvalue weighted by Crippen LogP contribution is 2.08. The topological polar surface area (TPSA) is 26.3 Å². The van der Waals surface area contributed by atoms with Gasteiger partial charge in [-0.3, -0.25) is 4.79 Å². The quantitative estimate of drug-likeness (QED) is 0.172. The summed E-state index contributed by atoms with van der Waals surface area (Å²) in [4.78, 5) is 11.5. The highest BCUT2D eigenvalue weighted by molar-refractivity contribution is 9.09. The zero-order valence-electron chi connectivity index (χ0n) is 13.0. The Morgan fingerprint density at radius 2 is 1.65 bits per heavy atom. The molecule has 0 aliphatic carbocycles. The number of unbranched alkanes of at least 4 members (excludes halogenated alkanes) is 7. The molecule has 0 aromatic heterocycles. The number of carbonyl (C=O) groups excluding carboxylic acids is 1. The maximum atomic E-state index is 11.5. The van der Waals surface area contributed by atoms with Crippen molar-refractivity contribution in [2.45, 2.75) is 77.6 Å². The van der Waals surface area contributed by atoms with Crippen LogP contribution in [-0.2, 0) is 9.53 Å². The Bertz CT molecular complexity index is 239. The van der Waals surface area contributed by atoms with Gasteiger partial charge in [-0.25, -0.2) is 0 Å². The van der Waals surface area contributed by atoms with Gasteiger partial charge in [0.05, 0.1) is 6.61 Å². The van der Waals surface area contributed by atoms with E-state index in [4.69, 9.17) is 4.74 Å². The number of hydrogen-bond donors (Lipinski definition) is 0. The minimum atomic E-state index is -0.0172. The largest absolute Gasteiger partial charge is 0.466 e. The SMILES string of the molecule is CC/C=C\CCCCCOC(=O)CCCCCCCBr. The summed E-state index contributed by atoms with van der Waals surface area (Å²) in [5.74, 6) is -0.0172. The molecule has 118 valence electrons. The molecule has 0 atom stereocenters. The smallest absolute Gasteiger partial charge is 0.305 e. The zero-order valence-corrected chi connectivity index (χ0v) is 14.6. The second kappa shape index (κ2) is 16.7. The van der Waals surface area contributed by atoms with Gasteiger partial charge in [0, 0.05) is 11.8 Å². The molecule has 0 spiro atoms. The van der Waals surface area contributed by atoms with E-state index >= 15 is 0 Å². The Morgan fingerprint density at radius 3 is 2.40 bits per heavy atom. The van der Waals surface area contributed by atoms with Crippen molar-refractivity contribution in [1.82, 2.24) is 0 Å². The van der Waals surface area contributed by atoms with Crippen molar-refractivity contribution < 1.29 is 9.53 Å². The average Bonchev–Trinajstić information content (AvgIpc) is 2.45. The van der Waals surface area contributed by atoms with E-state index in [1.165, 1.54) is 25.7 Å². The van der Waals surface area contributed by atoms with Crippen LogP contribution >= 0.6 is 15.9 Å². The first-order valence-corrected chi connectivity index (χ1v) is 9.30. The van der Waals surface area contributed by atoms with Crippen LogP contribution in [0.25, 0.3) is 0 Å².